The lowest BCUT2D eigenvalue weighted by atomic mass is 10.0. The Balaban J connectivity index is 2.02. The fraction of sp³-hybridized carbons (Fsp3) is 0.737. The van der Waals surface area contributed by atoms with Crippen molar-refractivity contribution in [3.8, 4) is 0 Å². The summed E-state index contributed by atoms with van der Waals surface area (Å²) in [6, 6.07) is 0.338. The van der Waals surface area contributed by atoms with Gasteiger partial charge in [-0.1, -0.05) is 33.6 Å². The number of hydrogen-bond acceptors (Lipinski definition) is 5. The van der Waals surface area contributed by atoms with Crippen LogP contribution in [0.3, 0.4) is 0 Å². The maximum Gasteiger partial charge on any atom is 0.257 e. The molecule has 8 heteroatoms. The number of rotatable bonds is 3. The van der Waals surface area contributed by atoms with Crippen molar-refractivity contribution in [3.63, 3.8) is 0 Å². The molecule has 150 valence electrons. The van der Waals surface area contributed by atoms with Gasteiger partial charge in [0, 0.05) is 6.04 Å². The van der Waals surface area contributed by atoms with Crippen LogP contribution < -0.4 is 10.2 Å². The van der Waals surface area contributed by atoms with E-state index in [1.165, 1.54) is 12.8 Å². The minimum Gasteiger partial charge on any atom is -0.401 e. The molecule has 1 aromatic heterocycles. The first-order chi connectivity index (χ1) is 12.4. The van der Waals surface area contributed by atoms with E-state index >= 15 is 0 Å². The molecule has 1 saturated carbocycles. The van der Waals surface area contributed by atoms with Gasteiger partial charge in [0.25, 0.3) is 5.91 Å². The number of carbonyl (C=O) groups is 1. The van der Waals surface area contributed by atoms with Crippen molar-refractivity contribution in [1.29, 1.82) is 0 Å². The van der Waals surface area contributed by atoms with Crippen molar-refractivity contribution < 1.29 is 9.22 Å². The van der Waals surface area contributed by atoms with Gasteiger partial charge in [0.15, 0.2) is 19.7 Å². The number of anilines is 2. The van der Waals surface area contributed by atoms with Gasteiger partial charge in [-0.2, -0.15) is 4.98 Å². The number of halogens is 1. The molecule has 1 unspecified atom stereocenters. The molecule has 3 rings (SSSR count). The monoisotopic (exact) mass is 410 g/mol. The summed E-state index contributed by atoms with van der Waals surface area (Å²) in [4.78, 5) is 24.0. The highest BCUT2D eigenvalue weighted by atomic mass is 35.5. The number of amides is 1. The third kappa shape index (κ3) is 4.00. The molecule has 6 nitrogen and oxygen atoms in total. The molecule has 1 aromatic rings. The Morgan fingerprint density at radius 3 is 2.56 bits per heavy atom. The van der Waals surface area contributed by atoms with Crippen LogP contribution in [-0.4, -0.2) is 42.4 Å². The minimum absolute atomic E-state index is 0.0107. The van der Waals surface area contributed by atoms with E-state index in [0.717, 1.165) is 12.8 Å². The molecule has 1 aliphatic heterocycles. The summed E-state index contributed by atoms with van der Waals surface area (Å²) in [5.41, 5.74) is -0.350. The molecule has 1 amide bonds. The van der Waals surface area contributed by atoms with Crippen LogP contribution in [0.2, 0.25) is 23.4 Å². The van der Waals surface area contributed by atoms with Crippen LogP contribution in [0.4, 0.5) is 11.5 Å². The lowest BCUT2D eigenvalue weighted by Crippen LogP contribution is -2.58. The Labute approximate surface area is 168 Å². The Morgan fingerprint density at radius 2 is 1.96 bits per heavy atom. The summed E-state index contributed by atoms with van der Waals surface area (Å²) in [6.07, 6.45) is 6.16. The molecular weight excluding hydrogens is 380 g/mol. The summed E-state index contributed by atoms with van der Waals surface area (Å²) >= 11 is 6.09. The van der Waals surface area contributed by atoms with Crippen molar-refractivity contribution in [1.82, 2.24) is 9.97 Å². The van der Waals surface area contributed by atoms with Crippen molar-refractivity contribution >= 4 is 37.3 Å². The van der Waals surface area contributed by atoms with E-state index in [-0.39, 0.29) is 16.2 Å². The van der Waals surface area contributed by atoms with Gasteiger partial charge >= 0.3 is 0 Å². The summed E-state index contributed by atoms with van der Waals surface area (Å²) in [5.74, 6) is 0.567. The molecule has 2 heterocycles. The van der Waals surface area contributed by atoms with Gasteiger partial charge < -0.3 is 14.6 Å². The highest BCUT2D eigenvalue weighted by Crippen LogP contribution is 2.42. The zero-order valence-corrected chi connectivity index (χ0v) is 19.0. The van der Waals surface area contributed by atoms with E-state index in [0.29, 0.717) is 24.1 Å². The van der Waals surface area contributed by atoms with Crippen molar-refractivity contribution in [2.24, 2.45) is 0 Å². The van der Waals surface area contributed by atoms with Crippen LogP contribution in [0.25, 0.3) is 0 Å². The van der Waals surface area contributed by atoms with Gasteiger partial charge in [-0.25, -0.2) is 4.98 Å². The van der Waals surface area contributed by atoms with E-state index in [1.54, 1.807) is 6.20 Å². The normalized spacial score (nSPS) is 24.6. The van der Waals surface area contributed by atoms with E-state index < -0.39 is 13.9 Å². The summed E-state index contributed by atoms with van der Waals surface area (Å²) in [6.45, 7) is 13.3. The molecule has 1 fully saturated rings. The predicted molar refractivity (Wildman–Crippen MR) is 112 cm³/mol. The first-order valence-electron chi connectivity index (χ1n) is 9.74. The van der Waals surface area contributed by atoms with Gasteiger partial charge in [0.1, 0.15) is 5.69 Å². The molecule has 0 aromatic carbocycles. The number of fused-ring (bicyclic) bond motifs is 1. The number of carbonyl (C=O) groups excluding carboxylic acids is 1. The summed E-state index contributed by atoms with van der Waals surface area (Å²) in [7, 11) is -2.16. The smallest absolute Gasteiger partial charge is 0.257 e. The second kappa shape index (κ2) is 7.01. The molecule has 1 N–H and O–H groups in total. The first kappa shape index (κ1) is 20.5. The van der Waals surface area contributed by atoms with E-state index in [1.807, 2.05) is 6.92 Å². The lowest BCUT2D eigenvalue weighted by molar-refractivity contribution is -0.130. The number of hydrogen-bond donors (Lipinski definition) is 1. The molecular formula is C19H31ClN4O2Si. The van der Waals surface area contributed by atoms with Crippen LogP contribution in [0.1, 0.15) is 53.4 Å². The Morgan fingerprint density at radius 1 is 1.33 bits per heavy atom. The van der Waals surface area contributed by atoms with Crippen LogP contribution in [0, 0.1) is 0 Å². The SMILES string of the molecule is CC1(O[Si](C)(C)C(C)(C)C)CN(C2CCCC2)c2nc(Cl)ncc2NC1=O. The molecule has 2 aliphatic rings. The van der Waals surface area contributed by atoms with Crippen molar-refractivity contribution in [3.05, 3.63) is 11.5 Å². The van der Waals surface area contributed by atoms with Crippen LogP contribution in [-0.2, 0) is 9.22 Å². The van der Waals surface area contributed by atoms with Gasteiger partial charge in [-0.3, -0.25) is 4.79 Å². The molecule has 27 heavy (non-hydrogen) atoms. The predicted octanol–water partition coefficient (Wildman–Crippen LogP) is 4.61. The van der Waals surface area contributed by atoms with E-state index in [4.69, 9.17) is 16.0 Å². The van der Waals surface area contributed by atoms with E-state index in [2.05, 4.69) is 54.0 Å². The summed E-state index contributed by atoms with van der Waals surface area (Å²) < 4.78 is 6.68. The highest BCUT2D eigenvalue weighted by Gasteiger charge is 2.49. The average Bonchev–Trinajstić information content (AvgIpc) is 3.04. The first-order valence-corrected chi connectivity index (χ1v) is 13.0. The van der Waals surface area contributed by atoms with Crippen molar-refractivity contribution in [2.45, 2.75) is 83.2 Å². The van der Waals surface area contributed by atoms with Gasteiger partial charge in [-0.05, 0) is 49.5 Å². The minimum atomic E-state index is -2.16. The molecule has 0 radical (unpaired) electrons. The quantitative estimate of drug-likeness (QED) is 0.582. The fourth-order valence-electron chi connectivity index (χ4n) is 3.70. The third-order valence-corrected chi connectivity index (χ3v) is 11.0. The topological polar surface area (TPSA) is 67.3 Å². The maximum atomic E-state index is 13.2. The maximum absolute atomic E-state index is 13.2. The van der Waals surface area contributed by atoms with Crippen molar-refractivity contribution in [2.75, 3.05) is 16.8 Å². The highest BCUT2D eigenvalue weighted by molar-refractivity contribution is 6.74. The zero-order chi connectivity index (χ0) is 20.0. The van der Waals surface area contributed by atoms with Gasteiger partial charge in [-0.15, -0.1) is 0 Å². The fourth-order valence-corrected chi connectivity index (χ4v) is 5.42. The van der Waals surface area contributed by atoms with Crippen LogP contribution >= 0.6 is 11.6 Å². The standard InChI is InChI=1S/C19H31ClN4O2Si/c1-18(2,3)27(5,6)26-19(4)12-24(13-9-7-8-10-13)15-14(22-16(19)25)11-21-17(20)23-15/h11,13H,7-10,12H2,1-6H3,(H,22,25). The van der Waals surface area contributed by atoms with E-state index in [9.17, 15) is 4.79 Å². The second-order valence-electron chi connectivity index (χ2n) is 9.49. The number of aromatic nitrogens is 2. The van der Waals surface area contributed by atoms with Gasteiger partial charge in [0.05, 0.1) is 12.7 Å². The average molecular weight is 411 g/mol. The summed E-state index contributed by atoms with van der Waals surface area (Å²) in [5, 5.41) is 3.21. The third-order valence-electron chi connectivity index (χ3n) is 6.26. The molecule has 1 atom stereocenters. The van der Waals surface area contributed by atoms with Gasteiger partial charge in [0.2, 0.25) is 5.28 Å². The Bertz CT molecular complexity index is 731. The second-order valence-corrected chi connectivity index (χ2v) is 14.6. The largest absolute Gasteiger partial charge is 0.401 e. The Hall–Kier alpha value is -1.18. The number of nitrogens with zero attached hydrogens (tertiary/aromatic N) is 3. The molecule has 0 spiro atoms. The lowest BCUT2D eigenvalue weighted by Gasteiger charge is -2.44. The Kier molecular flexibility index (Phi) is 5.33. The number of nitrogens with one attached hydrogen (secondary N) is 1. The molecule has 1 aliphatic carbocycles. The molecule has 0 saturated heterocycles. The van der Waals surface area contributed by atoms with Crippen LogP contribution in [0.15, 0.2) is 6.20 Å². The van der Waals surface area contributed by atoms with Crippen LogP contribution in [0.5, 0.6) is 0 Å². The molecule has 0 bridgehead atoms. The zero-order valence-electron chi connectivity index (χ0n) is 17.2.